The van der Waals surface area contributed by atoms with Gasteiger partial charge < -0.3 is 16.0 Å². The second kappa shape index (κ2) is 8.64. The van der Waals surface area contributed by atoms with Crippen LogP contribution in [-0.4, -0.2) is 31.4 Å². The summed E-state index contributed by atoms with van der Waals surface area (Å²) in [6, 6.07) is 7.88. The van der Waals surface area contributed by atoms with Crippen LogP contribution in [0.15, 0.2) is 24.3 Å². The summed E-state index contributed by atoms with van der Waals surface area (Å²) in [5, 5.41) is 2.81. The number of carbonyl (C=O) groups excluding carboxylic acids is 2. The first kappa shape index (κ1) is 17.5. The van der Waals surface area contributed by atoms with E-state index >= 15 is 0 Å². The number of rotatable bonds is 6. The van der Waals surface area contributed by atoms with Crippen molar-refractivity contribution in [2.45, 2.75) is 25.7 Å². The molecule has 1 aliphatic heterocycles. The maximum Gasteiger partial charge on any atom is 0.227 e. The monoisotopic (exact) mass is 311 g/mol. The van der Waals surface area contributed by atoms with Crippen LogP contribution in [0.25, 0.3) is 0 Å². The molecule has 116 valence electrons. The van der Waals surface area contributed by atoms with Crippen LogP contribution < -0.4 is 16.0 Å². The number of para-hydroxylation sites is 1. The smallest absolute Gasteiger partial charge is 0.227 e. The number of amides is 2. The van der Waals surface area contributed by atoms with Gasteiger partial charge in [-0.05, 0) is 31.0 Å². The lowest BCUT2D eigenvalue weighted by atomic mass is 10.0. The van der Waals surface area contributed by atoms with Crippen molar-refractivity contribution in [2.24, 2.45) is 5.73 Å². The molecular weight excluding hydrogens is 290 g/mol. The van der Waals surface area contributed by atoms with Crippen molar-refractivity contribution in [1.29, 1.82) is 0 Å². The van der Waals surface area contributed by atoms with E-state index < -0.39 is 0 Å². The number of anilines is 1. The number of benzene rings is 1. The highest BCUT2D eigenvalue weighted by molar-refractivity contribution is 5.96. The van der Waals surface area contributed by atoms with Gasteiger partial charge in [0, 0.05) is 31.6 Å². The number of fused-ring (bicyclic) bond motifs is 1. The Hall–Kier alpha value is -1.59. The Bertz CT molecular complexity index is 494. The van der Waals surface area contributed by atoms with Crippen LogP contribution in [0.2, 0.25) is 0 Å². The van der Waals surface area contributed by atoms with E-state index in [1.54, 1.807) is 4.90 Å². The van der Waals surface area contributed by atoms with Gasteiger partial charge in [0.25, 0.3) is 0 Å². The Kier molecular flexibility index (Phi) is 7.19. The fourth-order valence-electron chi connectivity index (χ4n) is 2.37. The van der Waals surface area contributed by atoms with Crippen LogP contribution in [0.4, 0.5) is 5.69 Å². The number of aryl methyl sites for hydroxylation is 1. The molecule has 1 aromatic rings. The normalized spacial score (nSPS) is 13.4. The fraction of sp³-hybridized carbons (Fsp3) is 0.467. The number of carbonyl (C=O) groups is 2. The predicted octanol–water partition coefficient (Wildman–Crippen LogP) is 1.24. The standard InChI is InChI=1S/C15H21N3O2.ClH/c16-9-3-10-17-14(19)8-11-18-13-5-2-1-4-12(13)6-7-15(18)20;/h1-2,4-5H,3,6-11,16H2,(H,17,19);1H. The number of hydrogen-bond acceptors (Lipinski definition) is 3. The molecular formula is C15H22ClN3O2. The molecule has 2 rings (SSSR count). The lowest BCUT2D eigenvalue weighted by Gasteiger charge is -2.29. The molecule has 0 aromatic heterocycles. The van der Waals surface area contributed by atoms with Gasteiger partial charge in [0.2, 0.25) is 11.8 Å². The van der Waals surface area contributed by atoms with Gasteiger partial charge in [-0.1, -0.05) is 18.2 Å². The molecule has 0 aliphatic carbocycles. The lowest BCUT2D eigenvalue weighted by Crippen LogP contribution is -2.38. The molecule has 6 heteroatoms. The Morgan fingerprint density at radius 2 is 2.05 bits per heavy atom. The molecule has 5 nitrogen and oxygen atoms in total. The van der Waals surface area contributed by atoms with Gasteiger partial charge in [0.1, 0.15) is 0 Å². The Morgan fingerprint density at radius 3 is 2.81 bits per heavy atom. The van der Waals surface area contributed by atoms with Crippen LogP contribution in [0.1, 0.15) is 24.8 Å². The zero-order chi connectivity index (χ0) is 14.4. The van der Waals surface area contributed by atoms with E-state index in [0.717, 1.165) is 18.5 Å². The van der Waals surface area contributed by atoms with Crippen molar-refractivity contribution < 1.29 is 9.59 Å². The first-order valence-electron chi connectivity index (χ1n) is 7.07. The van der Waals surface area contributed by atoms with Crippen LogP contribution in [0, 0.1) is 0 Å². The van der Waals surface area contributed by atoms with Gasteiger partial charge in [-0.25, -0.2) is 0 Å². The topological polar surface area (TPSA) is 75.4 Å². The molecule has 0 saturated carbocycles. The molecule has 0 fully saturated rings. The van der Waals surface area contributed by atoms with Gasteiger partial charge in [0.15, 0.2) is 0 Å². The van der Waals surface area contributed by atoms with E-state index in [1.807, 2.05) is 24.3 Å². The first-order chi connectivity index (χ1) is 9.72. The van der Waals surface area contributed by atoms with Gasteiger partial charge in [-0.2, -0.15) is 0 Å². The third-order valence-electron chi connectivity index (χ3n) is 3.46. The average Bonchev–Trinajstić information content (AvgIpc) is 2.46. The summed E-state index contributed by atoms with van der Waals surface area (Å²) >= 11 is 0. The van der Waals surface area contributed by atoms with Gasteiger partial charge in [-0.3, -0.25) is 9.59 Å². The quantitative estimate of drug-likeness (QED) is 0.776. The molecule has 3 N–H and O–H groups in total. The molecule has 2 amide bonds. The lowest BCUT2D eigenvalue weighted by molar-refractivity contribution is -0.121. The highest BCUT2D eigenvalue weighted by Gasteiger charge is 2.23. The van der Waals surface area contributed by atoms with Crippen molar-refractivity contribution in [3.05, 3.63) is 29.8 Å². The molecule has 0 radical (unpaired) electrons. The zero-order valence-corrected chi connectivity index (χ0v) is 12.8. The van der Waals surface area contributed by atoms with E-state index in [0.29, 0.717) is 32.5 Å². The van der Waals surface area contributed by atoms with Crippen molar-refractivity contribution in [1.82, 2.24) is 5.32 Å². The number of hydrogen-bond donors (Lipinski definition) is 2. The molecule has 1 aliphatic rings. The van der Waals surface area contributed by atoms with E-state index in [4.69, 9.17) is 5.73 Å². The first-order valence-corrected chi connectivity index (χ1v) is 7.07. The second-order valence-corrected chi connectivity index (χ2v) is 4.92. The number of nitrogens with one attached hydrogen (secondary N) is 1. The van der Waals surface area contributed by atoms with Crippen LogP contribution >= 0.6 is 12.4 Å². The molecule has 0 spiro atoms. The van der Waals surface area contributed by atoms with Crippen LogP contribution in [-0.2, 0) is 16.0 Å². The van der Waals surface area contributed by atoms with E-state index in [-0.39, 0.29) is 24.2 Å². The number of nitrogens with two attached hydrogens (primary N) is 1. The molecule has 0 bridgehead atoms. The summed E-state index contributed by atoms with van der Waals surface area (Å²) in [7, 11) is 0. The van der Waals surface area contributed by atoms with Crippen LogP contribution in [0.5, 0.6) is 0 Å². The molecule has 1 aromatic carbocycles. The third kappa shape index (κ3) is 4.72. The molecule has 0 unspecified atom stereocenters. The summed E-state index contributed by atoms with van der Waals surface area (Å²) in [6.45, 7) is 1.60. The van der Waals surface area contributed by atoms with Gasteiger partial charge >= 0.3 is 0 Å². The predicted molar refractivity (Wildman–Crippen MR) is 85.7 cm³/mol. The van der Waals surface area contributed by atoms with E-state index in [9.17, 15) is 9.59 Å². The van der Waals surface area contributed by atoms with E-state index in [2.05, 4.69) is 5.32 Å². The van der Waals surface area contributed by atoms with Crippen molar-refractivity contribution in [3.8, 4) is 0 Å². The minimum Gasteiger partial charge on any atom is -0.356 e. The maximum atomic E-state index is 12.0. The highest BCUT2D eigenvalue weighted by atomic mass is 35.5. The Balaban J connectivity index is 0.00000220. The van der Waals surface area contributed by atoms with E-state index in [1.165, 1.54) is 5.56 Å². The summed E-state index contributed by atoms with van der Waals surface area (Å²) in [5.41, 5.74) is 7.49. The summed E-state index contributed by atoms with van der Waals surface area (Å²) in [4.78, 5) is 25.4. The molecule has 21 heavy (non-hydrogen) atoms. The summed E-state index contributed by atoms with van der Waals surface area (Å²) in [5.74, 6) is 0.0627. The summed E-state index contributed by atoms with van der Waals surface area (Å²) in [6.07, 6.45) is 2.40. The highest BCUT2D eigenvalue weighted by Crippen LogP contribution is 2.27. The maximum absolute atomic E-state index is 12.0. The third-order valence-corrected chi connectivity index (χ3v) is 3.46. The SMILES string of the molecule is Cl.NCCCNC(=O)CCN1C(=O)CCc2ccccc21. The summed E-state index contributed by atoms with van der Waals surface area (Å²) < 4.78 is 0. The zero-order valence-electron chi connectivity index (χ0n) is 12.0. The number of nitrogens with zero attached hydrogens (tertiary/aromatic N) is 1. The largest absolute Gasteiger partial charge is 0.356 e. The molecule has 1 heterocycles. The van der Waals surface area contributed by atoms with Gasteiger partial charge in [0.05, 0.1) is 0 Å². The Morgan fingerprint density at radius 1 is 1.29 bits per heavy atom. The second-order valence-electron chi connectivity index (χ2n) is 4.92. The Labute approximate surface area is 131 Å². The van der Waals surface area contributed by atoms with Crippen molar-refractivity contribution >= 4 is 29.9 Å². The minimum atomic E-state index is -0.0331. The van der Waals surface area contributed by atoms with Crippen molar-refractivity contribution in [2.75, 3.05) is 24.5 Å². The fourth-order valence-corrected chi connectivity index (χ4v) is 2.37. The number of halogens is 1. The molecule has 0 saturated heterocycles. The van der Waals surface area contributed by atoms with Crippen molar-refractivity contribution in [3.63, 3.8) is 0 Å². The minimum absolute atomic E-state index is 0. The van der Waals surface area contributed by atoms with Crippen LogP contribution in [0.3, 0.4) is 0 Å². The average molecular weight is 312 g/mol. The van der Waals surface area contributed by atoms with Gasteiger partial charge in [-0.15, -0.1) is 12.4 Å². The molecule has 0 atom stereocenters.